The Labute approximate surface area is 162 Å². The molecular weight excluding hydrogens is 383 g/mol. The first-order valence-corrected chi connectivity index (χ1v) is 9.69. The van der Waals surface area contributed by atoms with Crippen molar-refractivity contribution in [2.75, 3.05) is 17.1 Å². The number of carbonyl (C=O) groups excluding carboxylic acids is 1. The predicted molar refractivity (Wildman–Crippen MR) is 105 cm³/mol. The summed E-state index contributed by atoms with van der Waals surface area (Å²) in [7, 11) is -2.42. The van der Waals surface area contributed by atoms with Crippen LogP contribution >= 0.6 is 0 Å². The van der Waals surface area contributed by atoms with Crippen molar-refractivity contribution in [1.82, 2.24) is 0 Å². The van der Waals surface area contributed by atoms with E-state index in [0.717, 1.165) is 12.1 Å². The van der Waals surface area contributed by atoms with E-state index in [1.165, 1.54) is 43.5 Å². The molecule has 2 N–H and O–H groups in total. The number of hydrogen-bond donors (Lipinski definition) is 2. The van der Waals surface area contributed by atoms with Gasteiger partial charge in [-0.05, 0) is 54.6 Å². The van der Waals surface area contributed by atoms with Gasteiger partial charge in [0.15, 0.2) is 0 Å². The Morgan fingerprint density at radius 3 is 2.36 bits per heavy atom. The Morgan fingerprint density at radius 2 is 1.64 bits per heavy atom. The van der Waals surface area contributed by atoms with Gasteiger partial charge in [-0.1, -0.05) is 12.1 Å². The van der Waals surface area contributed by atoms with E-state index in [4.69, 9.17) is 4.74 Å². The molecule has 0 aliphatic carbocycles. The average molecular weight is 400 g/mol. The summed E-state index contributed by atoms with van der Waals surface area (Å²) in [5.41, 5.74) is 0.902. The van der Waals surface area contributed by atoms with Crippen LogP contribution in [0.5, 0.6) is 5.75 Å². The lowest BCUT2D eigenvalue weighted by Gasteiger charge is -2.10. The van der Waals surface area contributed by atoms with Gasteiger partial charge in [-0.3, -0.25) is 9.52 Å². The van der Waals surface area contributed by atoms with Crippen molar-refractivity contribution in [1.29, 1.82) is 0 Å². The van der Waals surface area contributed by atoms with Crippen LogP contribution in [0.25, 0.3) is 0 Å². The number of hydrogen-bond acceptors (Lipinski definition) is 4. The smallest absolute Gasteiger partial charge is 0.261 e. The monoisotopic (exact) mass is 400 g/mol. The molecule has 0 saturated carbocycles. The van der Waals surface area contributed by atoms with E-state index < -0.39 is 21.7 Å². The van der Waals surface area contributed by atoms with Gasteiger partial charge >= 0.3 is 0 Å². The van der Waals surface area contributed by atoms with Crippen molar-refractivity contribution in [3.05, 3.63) is 84.2 Å². The molecule has 1 amide bonds. The number of anilines is 2. The normalized spacial score (nSPS) is 10.9. The highest BCUT2D eigenvalue weighted by Gasteiger charge is 2.17. The first-order valence-electron chi connectivity index (χ1n) is 8.21. The first-order chi connectivity index (χ1) is 13.4. The molecule has 3 rings (SSSR count). The fraction of sp³-hybridized carbons (Fsp3) is 0.0500. The van der Waals surface area contributed by atoms with Crippen LogP contribution in [0.3, 0.4) is 0 Å². The van der Waals surface area contributed by atoms with Crippen molar-refractivity contribution in [2.24, 2.45) is 0 Å². The maximum absolute atomic E-state index is 13.0. The van der Waals surface area contributed by atoms with Gasteiger partial charge in [0.05, 0.1) is 12.0 Å². The molecule has 3 aromatic rings. The fourth-order valence-electron chi connectivity index (χ4n) is 2.44. The number of ether oxygens (including phenoxy) is 1. The maximum atomic E-state index is 13.0. The zero-order chi connectivity index (χ0) is 20.1. The van der Waals surface area contributed by atoms with Gasteiger partial charge in [0, 0.05) is 23.0 Å². The Hall–Kier alpha value is -3.39. The lowest BCUT2D eigenvalue weighted by molar-refractivity contribution is 0.102. The van der Waals surface area contributed by atoms with E-state index >= 15 is 0 Å². The third-order valence-electron chi connectivity index (χ3n) is 3.83. The van der Waals surface area contributed by atoms with Crippen LogP contribution < -0.4 is 14.8 Å². The SMILES string of the molecule is COc1cccc(NC(=O)c2cccc(S(=O)(=O)Nc3ccc(F)cc3)c2)c1. The molecule has 6 nitrogen and oxygen atoms in total. The first kappa shape index (κ1) is 19.4. The van der Waals surface area contributed by atoms with Crippen molar-refractivity contribution in [3.8, 4) is 5.75 Å². The van der Waals surface area contributed by atoms with Crippen molar-refractivity contribution in [2.45, 2.75) is 4.90 Å². The quantitative estimate of drug-likeness (QED) is 0.658. The molecule has 0 saturated heterocycles. The average Bonchev–Trinajstić information content (AvgIpc) is 2.70. The Kier molecular flexibility index (Phi) is 5.60. The van der Waals surface area contributed by atoms with Crippen molar-refractivity contribution < 1.29 is 22.3 Å². The summed E-state index contributed by atoms with van der Waals surface area (Å²) in [4.78, 5) is 12.4. The summed E-state index contributed by atoms with van der Waals surface area (Å²) in [6.45, 7) is 0. The molecule has 3 aromatic carbocycles. The second kappa shape index (κ2) is 8.10. The second-order valence-electron chi connectivity index (χ2n) is 5.83. The number of nitrogens with one attached hydrogen (secondary N) is 2. The van der Waals surface area contributed by atoms with Crippen molar-refractivity contribution in [3.63, 3.8) is 0 Å². The Balaban J connectivity index is 1.80. The topological polar surface area (TPSA) is 84.5 Å². The van der Waals surface area contributed by atoms with Gasteiger partial charge in [-0.15, -0.1) is 0 Å². The highest BCUT2D eigenvalue weighted by atomic mass is 32.2. The number of carbonyl (C=O) groups is 1. The lowest BCUT2D eigenvalue weighted by atomic mass is 10.2. The third kappa shape index (κ3) is 4.66. The molecule has 28 heavy (non-hydrogen) atoms. The molecule has 0 atom stereocenters. The highest BCUT2D eigenvalue weighted by molar-refractivity contribution is 7.92. The zero-order valence-corrected chi connectivity index (χ0v) is 15.7. The maximum Gasteiger partial charge on any atom is 0.261 e. The van der Waals surface area contributed by atoms with Gasteiger partial charge in [0.1, 0.15) is 11.6 Å². The van der Waals surface area contributed by atoms with Crippen LogP contribution in [0.2, 0.25) is 0 Å². The summed E-state index contributed by atoms with van der Waals surface area (Å²) < 4.78 is 45.5. The molecule has 0 radical (unpaired) electrons. The van der Waals surface area contributed by atoms with Crippen LogP contribution in [0, 0.1) is 5.82 Å². The molecule has 0 aromatic heterocycles. The fourth-order valence-corrected chi connectivity index (χ4v) is 3.54. The van der Waals surface area contributed by atoms with Crippen LogP contribution in [-0.2, 0) is 10.0 Å². The van der Waals surface area contributed by atoms with Crippen LogP contribution in [0.15, 0.2) is 77.7 Å². The summed E-state index contributed by atoms with van der Waals surface area (Å²) in [5.74, 6) is -0.358. The third-order valence-corrected chi connectivity index (χ3v) is 5.21. The molecule has 0 aliphatic rings. The molecular formula is C20H17FN2O4S. The standard InChI is InChI=1S/C20H17FN2O4S/c1-27-18-6-3-5-17(13-18)22-20(24)14-4-2-7-19(12-14)28(25,26)23-16-10-8-15(21)9-11-16/h2-13,23H,1H3,(H,22,24). The molecule has 8 heteroatoms. The van der Waals surface area contributed by atoms with Gasteiger partial charge in [-0.2, -0.15) is 0 Å². The molecule has 0 bridgehead atoms. The minimum Gasteiger partial charge on any atom is -0.497 e. The van der Waals surface area contributed by atoms with E-state index in [9.17, 15) is 17.6 Å². The number of halogens is 1. The van der Waals surface area contributed by atoms with Crippen molar-refractivity contribution >= 4 is 27.3 Å². The molecule has 0 fully saturated rings. The van der Waals surface area contributed by atoms with E-state index in [1.54, 1.807) is 24.3 Å². The van der Waals surface area contributed by atoms with E-state index in [0.29, 0.717) is 11.4 Å². The van der Waals surface area contributed by atoms with Crippen LogP contribution in [0.4, 0.5) is 15.8 Å². The Morgan fingerprint density at radius 1 is 0.929 bits per heavy atom. The van der Waals surface area contributed by atoms with Crippen LogP contribution in [-0.4, -0.2) is 21.4 Å². The van der Waals surface area contributed by atoms with Crippen LogP contribution in [0.1, 0.15) is 10.4 Å². The number of sulfonamides is 1. The largest absolute Gasteiger partial charge is 0.497 e. The number of methoxy groups -OCH3 is 1. The van der Waals surface area contributed by atoms with E-state index in [2.05, 4.69) is 10.0 Å². The summed E-state index contributed by atoms with van der Waals surface area (Å²) >= 11 is 0. The van der Waals surface area contributed by atoms with Gasteiger partial charge in [0.2, 0.25) is 0 Å². The van der Waals surface area contributed by atoms with Gasteiger partial charge < -0.3 is 10.1 Å². The summed E-state index contributed by atoms with van der Waals surface area (Å²) in [6, 6.07) is 17.3. The van der Waals surface area contributed by atoms with Gasteiger partial charge in [-0.25, -0.2) is 12.8 Å². The van der Waals surface area contributed by atoms with Gasteiger partial charge in [0.25, 0.3) is 15.9 Å². The van der Waals surface area contributed by atoms with E-state index in [1.807, 2.05) is 0 Å². The minimum absolute atomic E-state index is 0.0879. The number of rotatable bonds is 6. The minimum atomic E-state index is -3.94. The number of amides is 1. The highest BCUT2D eigenvalue weighted by Crippen LogP contribution is 2.20. The predicted octanol–water partition coefficient (Wildman–Crippen LogP) is 3.89. The lowest BCUT2D eigenvalue weighted by Crippen LogP contribution is -2.16. The summed E-state index contributed by atoms with van der Waals surface area (Å²) in [5, 5.41) is 2.69. The summed E-state index contributed by atoms with van der Waals surface area (Å²) in [6.07, 6.45) is 0. The molecule has 0 unspecified atom stereocenters. The second-order valence-corrected chi connectivity index (χ2v) is 7.51. The van der Waals surface area contributed by atoms with E-state index in [-0.39, 0.29) is 16.1 Å². The molecule has 0 aliphatic heterocycles. The Bertz CT molecular complexity index is 1100. The number of benzene rings is 3. The zero-order valence-electron chi connectivity index (χ0n) is 14.8. The molecule has 0 heterocycles. The molecule has 0 spiro atoms. The molecule has 144 valence electrons.